The molecule has 0 spiro atoms. The van der Waals surface area contributed by atoms with Crippen LogP contribution in [0.15, 0.2) is 54.6 Å². The normalized spacial score (nSPS) is 16.9. The van der Waals surface area contributed by atoms with Crippen molar-refractivity contribution in [3.63, 3.8) is 0 Å². The third-order valence-electron chi connectivity index (χ3n) is 4.46. The molecule has 0 unspecified atom stereocenters. The molecule has 1 amide bonds. The van der Waals surface area contributed by atoms with Crippen molar-refractivity contribution < 1.29 is 13.2 Å². The van der Waals surface area contributed by atoms with Crippen molar-refractivity contribution in [3.8, 4) is 0 Å². The number of benzene rings is 2. The van der Waals surface area contributed by atoms with Gasteiger partial charge in [0.25, 0.3) is 0 Å². The molecule has 0 saturated heterocycles. The number of rotatable bonds is 5. The Hall–Kier alpha value is -2.18. The van der Waals surface area contributed by atoms with Gasteiger partial charge in [0.15, 0.2) is 0 Å². The second-order valence-electron chi connectivity index (χ2n) is 6.46. The number of para-hydroxylation sites is 1. The number of carbonyl (C=O) groups is 1. The molecule has 6 heteroatoms. The zero-order valence-electron chi connectivity index (χ0n) is 14.4. The van der Waals surface area contributed by atoms with Gasteiger partial charge in [0, 0.05) is 18.3 Å². The van der Waals surface area contributed by atoms with Crippen LogP contribution in [0, 0.1) is 0 Å². The maximum Gasteiger partial charge on any atom is 0.242 e. The summed E-state index contributed by atoms with van der Waals surface area (Å²) >= 11 is 0. The van der Waals surface area contributed by atoms with Crippen molar-refractivity contribution >= 4 is 21.6 Å². The number of carbonyl (C=O) groups excluding carboxylic acids is 1. The van der Waals surface area contributed by atoms with Crippen molar-refractivity contribution in [1.29, 1.82) is 0 Å². The molecule has 1 atom stereocenters. The van der Waals surface area contributed by atoms with Crippen molar-refractivity contribution in [1.82, 2.24) is 4.31 Å². The van der Waals surface area contributed by atoms with Crippen LogP contribution in [0.4, 0.5) is 5.69 Å². The Bertz CT molecular complexity index is 865. The first-order valence-corrected chi connectivity index (χ1v) is 10.1. The smallest absolute Gasteiger partial charge is 0.242 e. The Morgan fingerprint density at radius 2 is 1.76 bits per heavy atom. The van der Waals surface area contributed by atoms with Crippen molar-refractivity contribution in [3.05, 3.63) is 65.7 Å². The van der Waals surface area contributed by atoms with E-state index in [4.69, 9.17) is 0 Å². The fraction of sp³-hybridized carbons (Fsp3) is 0.316. The van der Waals surface area contributed by atoms with Crippen LogP contribution >= 0.6 is 0 Å². The van der Waals surface area contributed by atoms with E-state index < -0.39 is 10.0 Å². The SMILES string of the molecule is C[C@@H]1Cc2ccccc2N1C(=O)CN(Cc1ccccc1)S(C)(=O)=O. The van der Waals surface area contributed by atoms with Crippen molar-refractivity contribution in [2.75, 3.05) is 17.7 Å². The van der Waals surface area contributed by atoms with E-state index in [9.17, 15) is 13.2 Å². The summed E-state index contributed by atoms with van der Waals surface area (Å²) in [5.74, 6) is -0.196. The second-order valence-corrected chi connectivity index (χ2v) is 8.44. The molecule has 0 aliphatic carbocycles. The summed E-state index contributed by atoms with van der Waals surface area (Å²) in [5.41, 5.74) is 2.86. The van der Waals surface area contributed by atoms with Crippen LogP contribution in [-0.4, -0.2) is 37.5 Å². The summed E-state index contributed by atoms with van der Waals surface area (Å²) in [6, 6.07) is 17.1. The minimum atomic E-state index is -3.50. The van der Waals surface area contributed by atoms with Gasteiger partial charge in [-0.1, -0.05) is 48.5 Å². The topological polar surface area (TPSA) is 57.7 Å². The van der Waals surface area contributed by atoms with E-state index in [0.717, 1.165) is 29.5 Å². The van der Waals surface area contributed by atoms with E-state index in [-0.39, 0.29) is 25.0 Å². The highest BCUT2D eigenvalue weighted by atomic mass is 32.2. The van der Waals surface area contributed by atoms with Gasteiger partial charge in [-0.3, -0.25) is 4.79 Å². The minimum Gasteiger partial charge on any atom is -0.308 e. The first-order valence-electron chi connectivity index (χ1n) is 8.25. The van der Waals surface area contributed by atoms with E-state index in [1.54, 1.807) is 4.90 Å². The monoisotopic (exact) mass is 358 g/mol. The van der Waals surface area contributed by atoms with E-state index >= 15 is 0 Å². The zero-order chi connectivity index (χ0) is 18.0. The first-order chi connectivity index (χ1) is 11.9. The lowest BCUT2D eigenvalue weighted by molar-refractivity contribution is -0.119. The van der Waals surface area contributed by atoms with Crippen molar-refractivity contribution in [2.24, 2.45) is 0 Å². The molecule has 1 aliphatic heterocycles. The number of nitrogens with zero attached hydrogens (tertiary/aromatic N) is 2. The predicted octanol–water partition coefficient (Wildman–Crippen LogP) is 2.43. The summed E-state index contributed by atoms with van der Waals surface area (Å²) < 4.78 is 25.6. The number of anilines is 1. The summed E-state index contributed by atoms with van der Waals surface area (Å²) in [7, 11) is -3.50. The van der Waals surface area contributed by atoms with Gasteiger partial charge in [0.05, 0.1) is 12.8 Å². The Balaban J connectivity index is 1.81. The molecule has 2 aromatic carbocycles. The molecule has 2 aromatic rings. The third-order valence-corrected chi connectivity index (χ3v) is 5.65. The molecule has 1 aliphatic rings. The predicted molar refractivity (Wildman–Crippen MR) is 98.8 cm³/mol. The number of hydrogen-bond donors (Lipinski definition) is 0. The largest absolute Gasteiger partial charge is 0.308 e. The molecule has 5 nitrogen and oxygen atoms in total. The van der Waals surface area contributed by atoms with Gasteiger partial charge in [-0.15, -0.1) is 0 Å². The molecule has 132 valence electrons. The average Bonchev–Trinajstić information content (AvgIpc) is 2.90. The molecule has 1 heterocycles. The van der Waals surface area contributed by atoms with Crippen LogP contribution in [0.2, 0.25) is 0 Å². The second kappa shape index (κ2) is 6.98. The maximum absolute atomic E-state index is 12.9. The van der Waals surface area contributed by atoms with Gasteiger partial charge in [0.1, 0.15) is 0 Å². The molecule has 3 rings (SSSR count). The molecule has 0 N–H and O–H groups in total. The lowest BCUT2D eigenvalue weighted by Gasteiger charge is -2.26. The standard InChI is InChI=1S/C19H22N2O3S/c1-15-12-17-10-6-7-11-18(17)21(15)19(22)14-20(25(2,23)24)13-16-8-4-3-5-9-16/h3-11,15H,12-14H2,1-2H3/t15-/m1/s1. The lowest BCUT2D eigenvalue weighted by atomic mass is 10.1. The fourth-order valence-electron chi connectivity index (χ4n) is 3.25. The number of hydrogen-bond acceptors (Lipinski definition) is 3. The lowest BCUT2D eigenvalue weighted by Crippen LogP contribution is -2.44. The highest BCUT2D eigenvalue weighted by Crippen LogP contribution is 2.32. The molecule has 0 aromatic heterocycles. The van der Waals surface area contributed by atoms with Gasteiger partial charge < -0.3 is 4.90 Å². The quantitative estimate of drug-likeness (QED) is 0.825. The van der Waals surface area contributed by atoms with Gasteiger partial charge >= 0.3 is 0 Å². The number of fused-ring (bicyclic) bond motifs is 1. The van der Waals surface area contributed by atoms with E-state index in [1.165, 1.54) is 4.31 Å². The van der Waals surface area contributed by atoms with E-state index in [0.29, 0.717) is 0 Å². The molecule has 25 heavy (non-hydrogen) atoms. The Kier molecular flexibility index (Phi) is 4.92. The maximum atomic E-state index is 12.9. The Morgan fingerprint density at radius 1 is 1.12 bits per heavy atom. The Morgan fingerprint density at radius 3 is 2.44 bits per heavy atom. The first kappa shape index (κ1) is 17.6. The van der Waals surface area contributed by atoms with Crippen molar-refractivity contribution in [2.45, 2.75) is 25.9 Å². The summed E-state index contributed by atoms with van der Waals surface area (Å²) in [5, 5.41) is 0. The molecule has 0 radical (unpaired) electrons. The van der Waals surface area contributed by atoms with Crippen LogP contribution in [0.1, 0.15) is 18.1 Å². The Labute approximate surface area is 148 Å². The average molecular weight is 358 g/mol. The molecular weight excluding hydrogens is 336 g/mol. The number of sulfonamides is 1. The van der Waals surface area contributed by atoms with Gasteiger partial charge in [0.2, 0.25) is 15.9 Å². The highest BCUT2D eigenvalue weighted by molar-refractivity contribution is 7.88. The van der Waals surface area contributed by atoms with Crippen LogP contribution in [0.25, 0.3) is 0 Å². The summed E-state index contributed by atoms with van der Waals surface area (Å²) in [6.07, 6.45) is 1.93. The van der Waals surface area contributed by atoms with Crippen LogP contribution in [0.5, 0.6) is 0 Å². The summed E-state index contributed by atoms with van der Waals surface area (Å²) in [4.78, 5) is 14.6. The third kappa shape index (κ3) is 3.91. The minimum absolute atomic E-state index is 0.0306. The van der Waals surface area contributed by atoms with Gasteiger partial charge in [-0.2, -0.15) is 4.31 Å². The molecule has 0 bridgehead atoms. The van der Waals surface area contributed by atoms with E-state index in [2.05, 4.69) is 0 Å². The van der Waals surface area contributed by atoms with Crippen LogP contribution in [0.3, 0.4) is 0 Å². The fourth-order valence-corrected chi connectivity index (χ4v) is 3.98. The number of amides is 1. The molecule has 0 fully saturated rings. The highest BCUT2D eigenvalue weighted by Gasteiger charge is 2.32. The summed E-state index contributed by atoms with van der Waals surface area (Å²) in [6.45, 7) is 2.02. The van der Waals surface area contributed by atoms with E-state index in [1.807, 2.05) is 61.5 Å². The molecule has 0 saturated carbocycles. The van der Waals surface area contributed by atoms with Crippen LogP contribution < -0.4 is 4.90 Å². The van der Waals surface area contributed by atoms with Gasteiger partial charge in [-0.05, 0) is 30.5 Å². The van der Waals surface area contributed by atoms with Gasteiger partial charge in [-0.25, -0.2) is 8.42 Å². The molecular formula is C19H22N2O3S. The van der Waals surface area contributed by atoms with Crippen LogP contribution in [-0.2, 0) is 27.8 Å². The zero-order valence-corrected chi connectivity index (χ0v) is 15.2.